The maximum absolute atomic E-state index is 12.8. The Hall–Kier alpha value is -4.29. The largest absolute Gasteiger partial charge is 0.514 e. The number of nitrogens with zero attached hydrogens (tertiary/aromatic N) is 4. The van der Waals surface area contributed by atoms with Crippen molar-refractivity contribution in [1.82, 2.24) is 9.97 Å². The molecule has 1 aliphatic rings. The number of carbonyl (C=O) groups excluding carboxylic acids is 3. The molecule has 39 heavy (non-hydrogen) atoms. The van der Waals surface area contributed by atoms with Crippen LogP contribution in [-0.2, 0) is 14.2 Å². The van der Waals surface area contributed by atoms with Crippen molar-refractivity contribution in [2.45, 2.75) is 84.0 Å². The van der Waals surface area contributed by atoms with Crippen LogP contribution in [0.4, 0.5) is 26.0 Å². The van der Waals surface area contributed by atoms with E-state index in [1.807, 2.05) is 0 Å². The van der Waals surface area contributed by atoms with Gasteiger partial charge in [-0.25, -0.2) is 24.4 Å². The molecule has 0 bridgehead atoms. The summed E-state index contributed by atoms with van der Waals surface area (Å²) < 4.78 is 21.2. The van der Waals surface area contributed by atoms with Crippen molar-refractivity contribution in [1.29, 1.82) is 0 Å². The van der Waals surface area contributed by atoms with Crippen molar-refractivity contribution in [3.8, 4) is 5.75 Å². The van der Waals surface area contributed by atoms with E-state index in [0.29, 0.717) is 24.2 Å². The van der Waals surface area contributed by atoms with Crippen molar-refractivity contribution in [2.24, 2.45) is 0 Å². The molecule has 13 nitrogen and oxygen atoms in total. The second-order valence-corrected chi connectivity index (χ2v) is 11.0. The average Bonchev–Trinajstić information content (AvgIpc) is 3.26. The van der Waals surface area contributed by atoms with Crippen LogP contribution in [0.15, 0.2) is 36.7 Å². The highest BCUT2D eigenvalue weighted by Crippen LogP contribution is 2.36. The lowest BCUT2D eigenvalue weighted by Gasteiger charge is -2.27. The Bertz CT molecular complexity index is 1170. The number of benzene rings is 1. The first-order chi connectivity index (χ1) is 18.1. The molecule has 2 aromatic rings. The van der Waals surface area contributed by atoms with Gasteiger partial charge in [0, 0.05) is 24.5 Å². The normalized spacial score (nSPS) is 17.2. The van der Waals surface area contributed by atoms with E-state index in [0.717, 1.165) is 5.56 Å². The Labute approximate surface area is 225 Å². The highest BCUT2D eigenvalue weighted by atomic mass is 16.7. The number of amides is 2. The van der Waals surface area contributed by atoms with Crippen LogP contribution in [0.5, 0.6) is 5.75 Å². The number of nitro groups is 1. The van der Waals surface area contributed by atoms with Gasteiger partial charge in [0.25, 0.3) is 5.69 Å². The lowest BCUT2D eigenvalue weighted by Crippen LogP contribution is -2.44. The van der Waals surface area contributed by atoms with Crippen LogP contribution >= 0.6 is 0 Å². The summed E-state index contributed by atoms with van der Waals surface area (Å²) in [6.45, 7) is 10.0. The van der Waals surface area contributed by atoms with Gasteiger partial charge in [-0.2, -0.15) is 0 Å². The number of hydrogen-bond acceptors (Lipinski definition) is 11. The summed E-state index contributed by atoms with van der Waals surface area (Å²) in [6, 6.07) is 5.08. The molecule has 2 amide bonds. The lowest BCUT2D eigenvalue weighted by atomic mass is 10.0. The van der Waals surface area contributed by atoms with Gasteiger partial charge in [0.1, 0.15) is 23.1 Å². The smallest absolute Gasteiger partial charge is 0.443 e. The summed E-state index contributed by atoms with van der Waals surface area (Å²) in [5, 5.41) is 10.7. The predicted molar refractivity (Wildman–Crippen MR) is 138 cm³/mol. The average molecular weight is 545 g/mol. The maximum Gasteiger partial charge on any atom is 0.514 e. The van der Waals surface area contributed by atoms with Crippen molar-refractivity contribution >= 4 is 30.0 Å². The van der Waals surface area contributed by atoms with E-state index in [4.69, 9.17) is 18.9 Å². The van der Waals surface area contributed by atoms with Crippen molar-refractivity contribution in [3.63, 3.8) is 0 Å². The number of imide groups is 1. The molecule has 0 radical (unpaired) electrons. The Morgan fingerprint density at radius 1 is 0.923 bits per heavy atom. The van der Waals surface area contributed by atoms with Gasteiger partial charge in [0.2, 0.25) is 5.95 Å². The SMILES string of the molecule is CC(C)(C)OC(=O)N(C(=O)OC(C)(C)C)c1ncc([C@@H]2CC[C@H](OC(=O)Oc3ccc([N+](=O)[O-])cc3)C2)cn1. The number of aromatic nitrogens is 2. The second-order valence-electron chi connectivity index (χ2n) is 11.0. The molecular formula is C26H32N4O9. The van der Waals surface area contributed by atoms with Gasteiger partial charge in [0.15, 0.2) is 0 Å². The molecule has 0 spiro atoms. The third kappa shape index (κ3) is 8.62. The number of carbonyl (C=O) groups is 3. The summed E-state index contributed by atoms with van der Waals surface area (Å²) >= 11 is 0. The van der Waals surface area contributed by atoms with Gasteiger partial charge in [-0.15, -0.1) is 4.90 Å². The highest BCUT2D eigenvalue weighted by molar-refractivity contribution is 6.08. The van der Waals surface area contributed by atoms with Crippen LogP contribution in [0.3, 0.4) is 0 Å². The Balaban J connectivity index is 1.63. The number of rotatable bonds is 5. The van der Waals surface area contributed by atoms with Gasteiger partial charge >= 0.3 is 18.3 Å². The molecule has 1 fully saturated rings. The van der Waals surface area contributed by atoms with Crippen LogP contribution in [0.25, 0.3) is 0 Å². The first-order valence-electron chi connectivity index (χ1n) is 12.3. The molecule has 1 saturated carbocycles. The molecular weight excluding hydrogens is 512 g/mol. The fourth-order valence-electron chi connectivity index (χ4n) is 3.75. The van der Waals surface area contributed by atoms with E-state index in [1.165, 1.54) is 36.7 Å². The van der Waals surface area contributed by atoms with E-state index >= 15 is 0 Å². The Morgan fingerprint density at radius 2 is 1.46 bits per heavy atom. The molecule has 0 N–H and O–H groups in total. The summed E-state index contributed by atoms with van der Waals surface area (Å²) in [5.41, 5.74) is -1.12. The van der Waals surface area contributed by atoms with E-state index in [1.54, 1.807) is 41.5 Å². The van der Waals surface area contributed by atoms with Crippen molar-refractivity contribution in [2.75, 3.05) is 4.90 Å². The Kier molecular flexibility index (Phi) is 8.72. The number of anilines is 1. The standard InChI is InChI=1S/C26H32N4O9/c1-25(2,3)38-22(31)29(23(32)39-26(4,5)6)21-27-14-17(15-28-21)16-7-10-20(13-16)37-24(33)36-19-11-8-18(9-12-19)30(34)35/h8-9,11-12,14-16,20H,7,10,13H2,1-6H3/t16-,20+/m1/s1. The molecule has 0 saturated heterocycles. The fraction of sp³-hybridized carbons (Fsp3) is 0.500. The first-order valence-corrected chi connectivity index (χ1v) is 12.3. The van der Waals surface area contributed by atoms with Crippen molar-refractivity contribution < 1.29 is 38.3 Å². The molecule has 0 aliphatic heterocycles. The molecule has 13 heteroatoms. The fourth-order valence-corrected chi connectivity index (χ4v) is 3.75. The summed E-state index contributed by atoms with van der Waals surface area (Å²) in [4.78, 5) is 57.0. The van der Waals surface area contributed by atoms with Gasteiger partial charge in [-0.1, -0.05) is 0 Å². The third-order valence-corrected chi connectivity index (χ3v) is 5.38. The molecule has 1 aromatic heterocycles. The zero-order valence-corrected chi connectivity index (χ0v) is 22.7. The van der Waals surface area contributed by atoms with Crippen LogP contribution < -0.4 is 9.64 Å². The maximum atomic E-state index is 12.8. The van der Waals surface area contributed by atoms with Crippen LogP contribution in [0.2, 0.25) is 0 Å². The first kappa shape index (κ1) is 29.3. The lowest BCUT2D eigenvalue weighted by molar-refractivity contribution is -0.384. The quantitative estimate of drug-likeness (QED) is 0.145. The van der Waals surface area contributed by atoms with E-state index in [2.05, 4.69) is 9.97 Å². The van der Waals surface area contributed by atoms with Gasteiger partial charge in [-0.05, 0) is 84.4 Å². The van der Waals surface area contributed by atoms with E-state index < -0.39 is 40.6 Å². The van der Waals surface area contributed by atoms with E-state index in [9.17, 15) is 24.5 Å². The van der Waals surface area contributed by atoms with E-state index in [-0.39, 0.29) is 23.3 Å². The minimum absolute atomic E-state index is 0.0345. The number of non-ortho nitro benzene ring substituents is 1. The zero-order chi connectivity index (χ0) is 29.0. The molecule has 3 rings (SSSR count). The molecule has 1 aliphatic carbocycles. The topological polar surface area (TPSA) is 160 Å². The minimum Gasteiger partial charge on any atom is -0.443 e. The van der Waals surface area contributed by atoms with Gasteiger partial charge < -0.3 is 18.9 Å². The molecule has 1 heterocycles. The third-order valence-electron chi connectivity index (χ3n) is 5.38. The summed E-state index contributed by atoms with van der Waals surface area (Å²) in [5.74, 6) is -0.101. The van der Waals surface area contributed by atoms with Crippen LogP contribution in [0, 0.1) is 10.1 Å². The molecule has 210 valence electrons. The van der Waals surface area contributed by atoms with Gasteiger partial charge in [-0.3, -0.25) is 10.1 Å². The number of ether oxygens (including phenoxy) is 4. The number of nitro benzene ring substituents is 1. The monoisotopic (exact) mass is 544 g/mol. The molecule has 2 atom stereocenters. The predicted octanol–water partition coefficient (Wildman–Crippen LogP) is 5.91. The number of hydrogen-bond donors (Lipinski definition) is 0. The van der Waals surface area contributed by atoms with Crippen LogP contribution in [0.1, 0.15) is 72.3 Å². The summed E-state index contributed by atoms with van der Waals surface area (Å²) in [7, 11) is 0. The molecule has 1 aromatic carbocycles. The Morgan fingerprint density at radius 3 is 1.95 bits per heavy atom. The zero-order valence-electron chi connectivity index (χ0n) is 22.7. The van der Waals surface area contributed by atoms with Crippen LogP contribution in [-0.4, -0.2) is 50.5 Å². The molecule has 0 unspecified atom stereocenters. The minimum atomic E-state index is -0.967. The second kappa shape index (κ2) is 11.6. The van der Waals surface area contributed by atoms with Crippen molar-refractivity contribution in [3.05, 3.63) is 52.3 Å². The summed E-state index contributed by atoms with van der Waals surface area (Å²) in [6.07, 6.45) is 1.49. The highest BCUT2D eigenvalue weighted by Gasteiger charge is 2.35. The van der Waals surface area contributed by atoms with Gasteiger partial charge in [0.05, 0.1) is 4.92 Å².